The van der Waals surface area contributed by atoms with E-state index in [1.165, 1.54) is 25.1 Å². The predicted octanol–water partition coefficient (Wildman–Crippen LogP) is 6.57. The van der Waals surface area contributed by atoms with Gasteiger partial charge in [0.15, 0.2) is 0 Å². The summed E-state index contributed by atoms with van der Waals surface area (Å²) in [5.74, 6) is -1.37. The summed E-state index contributed by atoms with van der Waals surface area (Å²) in [6.07, 6.45) is -5.26. The highest BCUT2D eigenvalue weighted by Gasteiger charge is 2.37. The third-order valence-electron chi connectivity index (χ3n) is 5.60. The van der Waals surface area contributed by atoms with E-state index < -0.39 is 29.5 Å². The molecule has 0 amide bonds. The quantitative estimate of drug-likeness (QED) is 0.449. The summed E-state index contributed by atoms with van der Waals surface area (Å²) < 4.78 is 69.0. The van der Waals surface area contributed by atoms with Crippen LogP contribution in [0.15, 0.2) is 72.2 Å². The SMILES string of the molecule is C=C(NC1c2ccccc2N=C(c2ccccc2C(F)(F)F)N1C)c1cc(F)cc(F)c1C. The Morgan fingerprint density at radius 2 is 1.70 bits per heavy atom. The highest BCUT2D eigenvalue weighted by Crippen LogP contribution is 2.38. The van der Waals surface area contributed by atoms with Crippen LogP contribution in [-0.4, -0.2) is 17.8 Å². The van der Waals surface area contributed by atoms with Crippen molar-refractivity contribution in [2.75, 3.05) is 7.05 Å². The molecule has 0 spiro atoms. The lowest BCUT2D eigenvalue weighted by molar-refractivity contribution is -0.137. The number of rotatable bonds is 4. The number of halogens is 5. The molecule has 1 aliphatic rings. The smallest absolute Gasteiger partial charge is 0.361 e. The molecule has 170 valence electrons. The highest BCUT2D eigenvalue weighted by molar-refractivity contribution is 6.03. The van der Waals surface area contributed by atoms with Crippen molar-refractivity contribution in [3.63, 3.8) is 0 Å². The van der Waals surface area contributed by atoms with Gasteiger partial charge in [-0.3, -0.25) is 0 Å². The molecule has 1 atom stereocenters. The minimum absolute atomic E-state index is 0.0765. The van der Waals surface area contributed by atoms with E-state index in [2.05, 4.69) is 16.9 Å². The van der Waals surface area contributed by atoms with Gasteiger partial charge in [0, 0.05) is 35.5 Å². The molecule has 0 saturated carbocycles. The number of hydrogen-bond acceptors (Lipinski definition) is 3. The van der Waals surface area contributed by atoms with Crippen LogP contribution in [0.25, 0.3) is 5.70 Å². The van der Waals surface area contributed by atoms with E-state index >= 15 is 0 Å². The molecule has 0 fully saturated rings. The van der Waals surface area contributed by atoms with Crippen LogP contribution in [0.2, 0.25) is 0 Å². The van der Waals surface area contributed by atoms with Crippen LogP contribution in [0.3, 0.4) is 0 Å². The van der Waals surface area contributed by atoms with E-state index in [0.29, 0.717) is 11.3 Å². The summed E-state index contributed by atoms with van der Waals surface area (Å²) in [4.78, 5) is 6.06. The fraction of sp³-hybridized carbons (Fsp3) is 0.160. The van der Waals surface area contributed by atoms with Crippen molar-refractivity contribution in [2.45, 2.75) is 19.3 Å². The fourth-order valence-electron chi connectivity index (χ4n) is 3.90. The number of benzene rings is 3. The van der Waals surface area contributed by atoms with Crippen molar-refractivity contribution < 1.29 is 22.0 Å². The minimum atomic E-state index is -4.57. The molecule has 4 rings (SSSR count). The first-order valence-electron chi connectivity index (χ1n) is 10.1. The van der Waals surface area contributed by atoms with E-state index in [1.807, 2.05) is 0 Å². The first-order chi connectivity index (χ1) is 15.6. The maximum atomic E-state index is 14.1. The van der Waals surface area contributed by atoms with E-state index in [-0.39, 0.29) is 28.2 Å². The zero-order chi connectivity index (χ0) is 23.9. The monoisotopic (exact) mass is 457 g/mol. The number of amidine groups is 1. The van der Waals surface area contributed by atoms with Gasteiger partial charge < -0.3 is 10.2 Å². The van der Waals surface area contributed by atoms with Gasteiger partial charge in [-0.25, -0.2) is 13.8 Å². The van der Waals surface area contributed by atoms with Gasteiger partial charge >= 0.3 is 6.18 Å². The Morgan fingerprint density at radius 3 is 2.42 bits per heavy atom. The minimum Gasteiger partial charge on any atom is -0.361 e. The standard InChI is InChI=1S/C25H20F5N3/c1-14-19(12-16(26)13-21(14)27)15(2)31-24-18-9-5-7-11-22(18)32-23(33(24)3)17-8-4-6-10-20(17)25(28,29)30/h4-13,24,31H,2H2,1,3H3. The number of nitrogens with zero attached hydrogens (tertiary/aromatic N) is 2. The van der Waals surface area contributed by atoms with Gasteiger partial charge in [-0.05, 0) is 30.7 Å². The lowest BCUT2D eigenvalue weighted by Gasteiger charge is -2.37. The molecule has 3 aromatic carbocycles. The van der Waals surface area contributed by atoms with Crippen LogP contribution in [0.4, 0.5) is 27.6 Å². The molecule has 0 aromatic heterocycles. The van der Waals surface area contributed by atoms with E-state index in [9.17, 15) is 22.0 Å². The molecule has 0 bridgehead atoms. The Hall–Kier alpha value is -3.68. The van der Waals surface area contributed by atoms with Gasteiger partial charge in [-0.15, -0.1) is 0 Å². The number of fused-ring (bicyclic) bond motifs is 1. The van der Waals surface area contributed by atoms with Crippen molar-refractivity contribution in [3.8, 4) is 0 Å². The number of nitrogens with one attached hydrogen (secondary N) is 1. The second-order valence-corrected chi connectivity index (χ2v) is 7.73. The molecule has 3 aromatic rings. The van der Waals surface area contributed by atoms with Crippen molar-refractivity contribution in [1.29, 1.82) is 0 Å². The van der Waals surface area contributed by atoms with Crippen LogP contribution in [0.5, 0.6) is 0 Å². The van der Waals surface area contributed by atoms with Gasteiger partial charge in [0.25, 0.3) is 0 Å². The van der Waals surface area contributed by atoms with Crippen molar-refractivity contribution in [2.24, 2.45) is 4.99 Å². The Balaban J connectivity index is 1.79. The Kier molecular flexibility index (Phi) is 5.69. The first-order valence-corrected chi connectivity index (χ1v) is 10.1. The number of para-hydroxylation sites is 1. The molecule has 8 heteroatoms. The maximum Gasteiger partial charge on any atom is 0.417 e. The van der Waals surface area contributed by atoms with E-state index in [0.717, 1.165) is 18.2 Å². The van der Waals surface area contributed by atoms with Crippen LogP contribution in [0.1, 0.15) is 34.0 Å². The number of hydrogen-bond donors (Lipinski definition) is 1. The van der Waals surface area contributed by atoms with Gasteiger partial charge in [-0.1, -0.05) is 43.0 Å². The first kappa shape index (κ1) is 22.5. The summed E-state index contributed by atoms with van der Waals surface area (Å²) >= 11 is 0. The lowest BCUT2D eigenvalue weighted by Crippen LogP contribution is -2.42. The second kappa shape index (κ2) is 8.35. The number of alkyl halides is 3. The zero-order valence-corrected chi connectivity index (χ0v) is 17.8. The molecular weight excluding hydrogens is 437 g/mol. The third kappa shape index (κ3) is 4.20. The van der Waals surface area contributed by atoms with Crippen LogP contribution >= 0.6 is 0 Å². The Labute approximate surface area is 187 Å². The van der Waals surface area contributed by atoms with Gasteiger partial charge in [0.05, 0.1) is 11.3 Å². The molecule has 3 nitrogen and oxygen atoms in total. The van der Waals surface area contributed by atoms with Gasteiger partial charge in [-0.2, -0.15) is 13.2 Å². The highest BCUT2D eigenvalue weighted by atomic mass is 19.4. The molecule has 0 radical (unpaired) electrons. The van der Waals surface area contributed by atoms with Crippen LogP contribution < -0.4 is 5.32 Å². The van der Waals surface area contributed by atoms with Gasteiger partial charge in [0.1, 0.15) is 23.6 Å². The molecule has 0 saturated heterocycles. The summed E-state index contributed by atoms with van der Waals surface area (Å²) in [5, 5.41) is 3.13. The molecule has 1 N–H and O–H groups in total. The normalized spacial score (nSPS) is 15.7. The fourth-order valence-corrected chi connectivity index (χ4v) is 3.90. The summed E-state index contributed by atoms with van der Waals surface area (Å²) in [5.41, 5.74) is 0.944. The summed E-state index contributed by atoms with van der Waals surface area (Å²) in [6, 6.07) is 14.2. The third-order valence-corrected chi connectivity index (χ3v) is 5.60. The van der Waals surface area contributed by atoms with E-state index in [1.54, 1.807) is 36.2 Å². The topological polar surface area (TPSA) is 27.6 Å². The molecule has 1 heterocycles. The molecule has 1 unspecified atom stereocenters. The Morgan fingerprint density at radius 1 is 1.03 bits per heavy atom. The Bertz CT molecular complexity index is 1260. The second-order valence-electron chi connectivity index (χ2n) is 7.73. The molecule has 0 aliphatic carbocycles. The summed E-state index contributed by atoms with van der Waals surface area (Å²) in [7, 11) is 1.60. The molecule has 33 heavy (non-hydrogen) atoms. The predicted molar refractivity (Wildman–Crippen MR) is 118 cm³/mol. The van der Waals surface area contributed by atoms with Crippen LogP contribution in [0, 0.1) is 18.6 Å². The molecule has 1 aliphatic heterocycles. The van der Waals surface area contributed by atoms with Gasteiger partial charge in [0.2, 0.25) is 0 Å². The average molecular weight is 457 g/mol. The van der Waals surface area contributed by atoms with Crippen molar-refractivity contribution in [3.05, 3.63) is 107 Å². The van der Waals surface area contributed by atoms with Crippen molar-refractivity contribution in [1.82, 2.24) is 10.2 Å². The lowest BCUT2D eigenvalue weighted by atomic mass is 10.00. The van der Waals surface area contributed by atoms with Crippen molar-refractivity contribution >= 4 is 17.2 Å². The zero-order valence-electron chi connectivity index (χ0n) is 17.8. The maximum absolute atomic E-state index is 14.1. The van der Waals surface area contributed by atoms with E-state index in [4.69, 9.17) is 0 Å². The molecular formula is C25H20F5N3. The number of aliphatic imine (C=N–C) groups is 1. The average Bonchev–Trinajstić information content (AvgIpc) is 2.77. The summed E-state index contributed by atoms with van der Waals surface area (Å²) in [6.45, 7) is 5.44. The van der Waals surface area contributed by atoms with Crippen LogP contribution in [-0.2, 0) is 6.18 Å². The largest absolute Gasteiger partial charge is 0.417 e.